The topological polar surface area (TPSA) is 56.8 Å². The summed E-state index contributed by atoms with van der Waals surface area (Å²) in [6.45, 7) is 3.45. The van der Waals surface area contributed by atoms with Crippen LogP contribution in [0.25, 0.3) is 0 Å². The van der Waals surface area contributed by atoms with Gasteiger partial charge in [-0.3, -0.25) is 4.79 Å². The van der Waals surface area contributed by atoms with Crippen LogP contribution in [0.4, 0.5) is 5.69 Å². The van der Waals surface area contributed by atoms with E-state index in [4.69, 9.17) is 14.2 Å². The van der Waals surface area contributed by atoms with Crippen LogP contribution in [0.15, 0.2) is 48.5 Å². The van der Waals surface area contributed by atoms with Crippen molar-refractivity contribution >= 4 is 11.6 Å². The van der Waals surface area contributed by atoms with Gasteiger partial charge in [0.05, 0.1) is 19.3 Å². The SMILES string of the molecule is CCOCCOc1ccccc1C(=O)Nc1cccc(OC)c1. The molecule has 0 radical (unpaired) electrons. The summed E-state index contributed by atoms with van der Waals surface area (Å²) in [6.07, 6.45) is 0. The Kier molecular flexibility index (Phi) is 6.44. The maximum Gasteiger partial charge on any atom is 0.259 e. The van der Waals surface area contributed by atoms with Crippen LogP contribution in [0.5, 0.6) is 11.5 Å². The van der Waals surface area contributed by atoms with Gasteiger partial charge in [-0.15, -0.1) is 0 Å². The molecule has 1 amide bonds. The van der Waals surface area contributed by atoms with E-state index < -0.39 is 0 Å². The standard InChI is InChI=1S/C18H21NO4/c1-3-22-11-12-23-17-10-5-4-9-16(17)18(20)19-14-7-6-8-15(13-14)21-2/h4-10,13H,3,11-12H2,1-2H3,(H,19,20). The number of rotatable bonds is 8. The predicted molar refractivity (Wildman–Crippen MR) is 89.4 cm³/mol. The van der Waals surface area contributed by atoms with Crippen LogP contribution in [-0.4, -0.2) is 32.8 Å². The molecular weight excluding hydrogens is 294 g/mol. The van der Waals surface area contributed by atoms with E-state index in [1.54, 1.807) is 37.4 Å². The van der Waals surface area contributed by atoms with Crippen LogP contribution in [0.3, 0.4) is 0 Å². The smallest absolute Gasteiger partial charge is 0.259 e. The monoisotopic (exact) mass is 315 g/mol. The van der Waals surface area contributed by atoms with Crippen LogP contribution in [0.1, 0.15) is 17.3 Å². The van der Waals surface area contributed by atoms with Crippen molar-refractivity contribution in [1.29, 1.82) is 0 Å². The molecule has 0 bridgehead atoms. The molecular formula is C18H21NO4. The Hall–Kier alpha value is -2.53. The Bertz CT molecular complexity index is 642. The molecule has 0 aliphatic rings. The van der Waals surface area contributed by atoms with Crippen molar-refractivity contribution in [2.75, 3.05) is 32.2 Å². The molecule has 0 aromatic heterocycles. The molecule has 23 heavy (non-hydrogen) atoms. The second-order valence-electron chi connectivity index (χ2n) is 4.73. The summed E-state index contributed by atoms with van der Waals surface area (Å²) in [4.78, 5) is 12.5. The van der Waals surface area contributed by atoms with Crippen LogP contribution in [0.2, 0.25) is 0 Å². The average molecular weight is 315 g/mol. The number of amides is 1. The number of carbonyl (C=O) groups excluding carboxylic acids is 1. The first-order chi connectivity index (χ1) is 11.2. The zero-order chi connectivity index (χ0) is 16.5. The minimum Gasteiger partial charge on any atom is -0.497 e. The molecule has 2 rings (SSSR count). The molecule has 0 aliphatic heterocycles. The Morgan fingerprint density at radius 3 is 2.70 bits per heavy atom. The fourth-order valence-corrected chi connectivity index (χ4v) is 2.03. The first-order valence-electron chi connectivity index (χ1n) is 7.49. The largest absolute Gasteiger partial charge is 0.497 e. The van der Waals surface area contributed by atoms with Gasteiger partial charge >= 0.3 is 0 Å². The van der Waals surface area contributed by atoms with Gasteiger partial charge in [-0.2, -0.15) is 0 Å². The summed E-state index contributed by atoms with van der Waals surface area (Å²) >= 11 is 0. The number of hydrogen-bond donors (Lipinski definition) is 1. The lowest BCUT2D eigenvalue weighted by molar-refractivity contribution is 0.0998. The quantitative estimate of drug-likeness (QED) is 0.759. The van der Waals surface area contributed by atoms with E-state index in [9.17, 15) is 4.79 Å². The molecule has 122 valence electrons. The third-order valence-corrected chi connectivity index (χ3v) is 3.15. The van der Waals surface area contributed by atoms with E-state index in [1.165, 1.54) is 0 Å². The number of para-hydroxylation sites is 1. The number of methoxy groups -OCH3 is 1. The highest BCUT2D eigenvalue weighted by Crippen LogP contribution is 2.21. The van der Waals surface area contributed by atoms with Crippen molar-refractivity contribution in [2.24, 2.45) is 0 Å². The summed E-state index contributed by atoms with van der Waals surface area (Å²) in [6, 6.07) is 14.3. The number of ether oxygens (including phenoxy) is 3. The Morgan fingerprint density at radius 2 is 1.91 bits per heavy atom. The van der Waals surface area contributed by atoms with Crippen molar-refractivity contribution < 1.29 is 19.0 Å². The molecule has 5 nitrogen and oxygen atoms in total. The number of hydrogen-bond acceptors (Lipinski definition) is 4. The molecule has 2 aromatic carbocycles. The lowest BCUT2D eigenvalue weighted by Gasteiger charge is -2.12. The molecule has 0 fully saturated rings. The van der Waals surface area contributed by atoms with Gasteiger partial charge in [-0.25, -0.2) is 0 Å². The van der Waals surface area contributed by atoms with Gasteiger partial charge in [-0.05, 0) is 31.2 Å². The highest BCUT2D eigenvalue weighted by molar-refractivity contribution is 6.06. The van der Waals surface area contributed by atoms with E-state index in [1.807, 2.05) is 25.1 Å². The molecule has 0 saturated heterocycles. The fourth-order valence-electron chi connectivity index (χ4n) is 2.03. The fraction of sp³-hybridized carbons (Fsp3) is 0.278. The van der Waals surface area contributed by atoms with Crippen molar-refractivity contribution in [3.63, 3.8) is 0 Å². The maximum atomic E-state index is 12.5. The second-order valence-corrected chi connectivity index (χ2v) is 4.73. The van der Waals surface area contributed by atoms with Crippen molar-refractivity contribution in [3.05, 3.63) is 54.1 Å². The molecule has 1 N–H and O–H groups in total. The number of anilines is 1. The first-order valence-corrected chi connectivity index (χ1v) is 7.49. The van der Waals surface area contributed by atoms with Crippen LogP contribution in [-0.2, 0) is 4.74 Å². The number of carbonyl (C=O) groups is 1. The van der Waals surface area contributed by atoms with Crippen LogP contribution in [0, 0.1) is 0 Å². The summed E-state index contributed by atoms with van der Waals surface area (Å²) in [5, 5.41) is 2.84. The predicted octanol–water partition coefficient (Wildman–Crippen LogP) is 3.36. The van der Waals surface area contributed by atoms with Gasteiger partial charge in [0, 0.05) is 18.4 Å². The summed E-state index contributed by atoms with van der Waals surface area (Å²) in [5.74, 6) is 0.988. The Balaban J connectivity index is 2.06. The molecule has 0 aliphatic carbocycles. The molecule has 2 aromatic rings. The summed E-state index contributed by atoms with van der Waals surface area (Å²) < 4.78 is 16.0. The van der Waals surface area contributed by atoms with Gasteiger partial charge in [0.15, 0.2) is 0 Å². The lowest BCUT2D eigenvalue weighted by Crippen LogP contribution is -2.15. The van der Waals surface area contributed by atoms with Gasteiger partial charge < -0.3 is 19.5 Å². The second kappa shape index (κ2) is 8.80. The molecule has 0 heterocycles. The minimum absolute atomic E-state index is 0.231. The Morgan fingerprint density at radius 1 is 1.09 bits per heavy atom. The zero-order valence-electron chi connectivity index (χ0n) is 13.4. The lowest BCUT2D eigenvalue weighted by atomic mass is 10.2. The molecule has 0 spiro atoms. The van der Waals surface area contributed by atoms with Crippen molar-refractivity contribution in [1.82, 2.24) is 0 Å². The number of nitrogens with one attached hydrogen (secondary N) is 1. The maximum absolute atomic E-state index is 12.5. The van der Waals surface area contributed by atoms with Gasteiger partial charge in [0.1, 0.15) is 18.1 Å². The van der Waals surface area contributed by atoms with E-state index in [0.717, 1.165) is 0 Å². The third kappa shape index (κ3) is 5.00. The molecule has 0 atom stereocenters. The summed E-state index contributed by atoms with van der Waals surface area (Å²) in [7, 11) is 1.59. The number of benzene rings is 2. The van der Waals surface area contributed by atoms with Gasteiger partial charge in [-0.1, -0.05) is 18.2 Å². The van der Waals surface area contributed by atoms with Gasteiger partial charge in [0.2, 0.25) is 0 Å². The van der Waals surface area contributed by atoms with E-state index in [-0.39, 0.29) is 5.91 Å². The van der Waals surface area contributed by atoms with E-state index in [0.29, 0.717) is 42.6 Å². The average Bonchev–Trinajstić information content (AvgIpc) is 2.59. The molecule has 0 unspecified atom stereocenters. The van der Waals surface area contributed by atoms with Crippen LogP contribution < -0.4 is 14.8 Å². The third-order valence-electron chi connectivity index (χ3n) is 3.15. The first kappa shape index (κ1) is 16.8. The van der Waals surface area contributed by atoms with Gasteiger partial charge in [0.25, 0.3) is 5.91 Å². The van der Waals surface area contributed by atoms with E-state index >= 15 is 0 Å². The zero-order valence-corrected chi connectivity index (χ0v) is 13.4. The summed E-state index contributed by atoms with van der Waals surface area (Å²) in [5.41, 5.74) is 1.14. The van der Waals surface area contributed by atoms with Crippen molar-refractivity contribution in [3.8, 4) is 11.5 Å². The normalized spacial score (nSPS) is 10.2. The highest BCUT2D eigenvalue weighted by Gasteiger charge is 2.12. The van der Waals surface area contributed by atoms with Crippen molar-refractivity contribution in [2.45, 2.75) is 6.92 Å². The Labute approximate surface area is 136 Å². The van der Waals surface area contributed by atoms with E-state index in [2.05, 4.69) is 5.32 Å². The minimum atomic E-state index is -0.231. The molecule has 0 saturated carbocycles. The molecule has 5 heteroatoms. The van der Waals surface area contributed by atoms with Crippen LogP contribution >= 0.6 is 0 Å². The highest BCUT2D eigenvalue weighted by atomic mass is 16.5.